The third-order valence-electron chi connectivity index (χ3n) is 4.05. The van der Waals surface area contributed by atoms with Gasteiger partial charge in [0, 0.05) is 18.7 Å². The molecule has 0 saturated carbocycles. The van der Waals surface area contributed by atoms with E-state index in [9.17, 15) is 13.2 Å². The predicted molar refractivity (Wildman–Crippen MR) is 102 cm³/mol. The van der Waals surface area contributed by atoms with Gasteiger partial charge in [0.15, 0.2) is 0 Å². The number of terminal acetylenes is 1. The molecule has 1 amide bonds. The Morgan fingerprint density at radius 2 is 1.92 bits per heavy atom. The molecule has 136 valence electrons. The first-order chi connectivity index (χ1) is 12.4. The molecule has 0 radical (unpaired) electrons. The molecule has 5 nitrogen and oxygen atoms in total. The van der Waals surface area contributed by atoms with Crippen molar-refractivity contribution in [2.75, 3.05) is 13.1 Å². The second kappa shape index (κ2) is 8.65. The van der Waals surface area contributed by atoms with Crippen LogP contribution in [-0.4, -0.2) is 32.3 Å². The second-order valence-corrected chi connectivity index (χ2v) is 7.57. The quantitative estimate of drug-likeness (QED) is 0.762. The number of carbonyl (C=O) groups is 1. The number of amides is 1. The van der Waals surface area contributed by atoms with Crippen molar-refractivity contribution in [3.05, 3.63) is 65.2 Å². The summed E-state index contributed by atoms with van der Waals surface area (Å²) in [6, 6.07) is 13.9. The maximum absolute atomic E-state index is 12.9. The van der Waals surface area contributed by atoms with Crippen molar-refractivity contribution in [2.45, 2.75) is 25.3 Å². The van der Waals surface area contributed by atoms with E-state index in [0.29, 0.717) is 18.7 Å². The van der Waals surface area contributed by atoms with E-state index in [-0.39, 0.29) is 17.3 Å². The lowest BCUT2D eigenvalue weighted by molar-refractivity contribution is 0.0752. The summed E-state index contributed by atoms with van der Waals surface area (Å²) in [5.41, 5.74) is 2.49. The van der Waals surface area contributed by atoms with Crippen LogP contribution < -0.4 is 4.72 Å². The molecule has 0 fully saturated rings. The summed E-state index contributed by atoms with van der Waals surface area (Å²) in [7, 11) is -3.74. The molecule has 0 bridgehead atoms. The van der Waals surface area contributed by atoms with Crippen LogP contribution in [0.2, 0.25) is 0 Å². The van der Waals surface area contributed by atoms with Gasteiger partial charge in [0.25, 0.3) is 5.91 Å². The maximum atomic E-state index is 12.9. The fourth-order valence-corrected chi connectivity index (χ4v) is 3.50. The molecule has 2 aromatic rings. The number of rotatable bonds is 7. The molecule has 6 heteroatoms. The van der Waals surface area contributed by atoms with Crippen molar-refractivity contribution < 1.29 is 13.2 Å². The molecule has 0 spiro atoms. The van der Waals surface area contributed by atoms with Crippen LogP contribution in [0.3, 0.4) is 0 Å². The lowest BCUT2D eigenvalue weighted by atomic mass is 10.1. The molecular formula is C20H22N2O3S. The highest BCUT2D eigenvalue weighted by Gasteiger charge is 2.19. The predicted octanol–water partition coefficient (Wildman–Crippen LogP) is 2.57. The van der Waals surface area contributed by atoms with Crippen molar-refractivity contribution in [1.29, 1.82) is 0 Å². The molecule has 0 aliphatic rings. The lowest BCUT2D eigenvalue weighted by Crippen LogP contribution is -2.31. The van der Waals surface area contributed by atoms with Crippen LogP contribution in [0.25, 0.3) is 0 Å². The van der Waals surface area contributed by atoms with Gasteiger partial charge in [-0.25, -0.2) is 8.42 Å². The van der Waals surface area contributed by atoms with Crippen LogP contribution in [-0.2, 0) is 16.6 Å². The van der Waals surface area contributed by atoms with Gasteiger partial charge in [0.05, 0.1) is 11.4 Å². The molecular weight excluding hydrogens is 348 g/mol. The maximum Gasteiger partial charge on any atom is 0.254 e. The highest BCUT2D eigenvalue weighted by atomic mass is 32.2. The van der Waals surface area contributed by atoms with Gasteiger partial charge in [0.1, 0.15) is 0 Å². The number of benzene rings is 2. The Kier molecular flexibility index (Phi) is 6.56. The first-order valence-electron chi connectivity index (χ1n) is 8.26. The second-order valence-electron chi connectivity index (χ2n) is 5.80. The van der Waals surface area contributed by atoms with Gasteiger partial charge in [-0.2, -0.15) is 4.72 Å². The first-order valence-corrected chi connectivity index (χ1v) is 9.74. The molecule has 0 atom stereocenters. The molecule has 0 aliphatic carbocycles. The third-order valence-corrected chi connectivity index (χ3v) is 5.45. The normalized spacial score (nSPS) is 11.0. The van der Waals surface area contributed by atoms with Crippen LogP contribution in [0.5, 0.6) is 0 Å². The van der Waals surface area contributed by atoms with Gasteiger partial charge in [0.2, 0.25) is 10.0 Å². The summed E-state index contributed by atoms with van der Waals surface area (Å²) in [5.74, 6) is 2.01. The number of hydrogen-bond acceptors (Lipinski definition) is 3. The fraction of sp³-hybridized carbons (Fsp3) is 0.250. The number of sulfonamides is 1. The highest BCUT2D eigenvalue weighted by molar-refractivity contribution is 7.89. The Bertz CT molecular complexity index is 930. The van der Waals surface area contributed by atoms with Gasteiger partial charge >= 0.3 is 0 Å². The summed E-state index contributed by atoms with van der Waals surface area (Å²) in [5, 5.41) is 0. The molecule has 2 aromatic carbocycles. The number of aryl methyl sites for hydroxylation is 1. The Hall–Kier alpha value is -2.62. The molecule has 0 saturated heterocycles. The van der Waals surface area contributed by atoms with E-state index in [0.717, 1.165) is 11.1 Å². The number of nitrogens with zero attached hydrogens (tertiary/aromatic N) is 1. The van der Waals surface area contributed by atoms with Crippen LogP contribution in [0.4, 0.5) is 0 Å². The fourth-order valence-electron chi connectivity index (χ4n) is 2.52. The molecule has 0 aromatic heterocycles. The Labute approximate surface area is 155 Å². The summed E-state index contributed by atoms with van der Waals surface area (Å²) < 4.78 is 26.7. The van der Waals surface area contributed by atoms with Crippen molar-refractivity contribution in [2.24, 2.45) is 0 Å². The summed E-state index contributed by atoms with van der Waals surface area (Å²) >= 11 is 0. The molecule has 0 unspecified atom stereocenters. The van der Waals surface area contributed by atoms with Crippen molar-refractivity contribution in [1.82, 2.24) is 9.62 Å². The molecule has 0 heterocycles. The van der Waals surface area contributed by atoms with Crippen molar-refractivity contribution in [3.8, 4) is 12.3 Å². The monoisotopic (exact) mass is 370 g/mol. The molecule has 2 rings (SSSR count). The largest absolute Gasteiger partial charge is 0.335 e. The zero-order chi connectivity index (χ0) is 19.2. The Balaban J connectivity index is 2.26. The minimum absolute atomic E-state index is 0.0190. The van der Waals surface area contributed by atoms with E-state index in [4.69, 9.17) is 6.42 Å². The van der Waals surface area contributed by atoms with Gasteiger partial charge in [-0.3, -0.25) is 4.79 Å². The van der Waals surface area contributed by atoms with Crippen LogP contribution in [0.15, 0.2) is 53.4 Å². The topological polar surface area (TPSA) is 66.5 Å². The Morgan fingerprint density at radius 3 is 2.58 bits per heavy atom. The van der Waals surface area contributed by atoms with Gasteiger partial charge in [-0.1, -0.05) is 36.3 Å². The standard InChI is InChI=1S/C20H22N2O3S/c1-4-13-21-26(24,25)19-12-8-11-17(14-19)20(23)22(5-2)15-18-10-7-6-9-16(18)3/h1,6-12,14,21H,5,13,15H2,2-3H3. The zero-order valence-corrected chi connectivity index (χ0v) is 15.7. The van der Waals surface area contributed by atoms with Gasteiger partial charge in [-0.15, -0.1) is 6.42 Å². The van der Waals surface area contributed by atoms with Crippen LogP contribution in [0, 0.1) is 19.3 Å². The number of carbonyl (C=O) groups excluding carboxylic acids is 1. The minimum atomic E-state index is -3.74. The Morgan fingerprint density at radius 1 is 1.19 bits per heavy atom. The van der Waals surface area contributed by atoms with Crippen LogP contribution in [0.1, 0.15) is 28.4 Å². The van der Waals surface area contributed by atoms with E-state index < -0.39 is 10.0 Å². The average Bonchev–Trinajstić information content (AvgIpc) is 2.65. The van der Waals surface area contributed by atoms with E-state index in [2.05, 4.69) is 10.6 Å². The molecule has 0 aliphatic heterocycles. The highest BCUT2D eigenvalue weighted by Crippen LogP contribution is 2.16. The number of nitrogens with one attached hydrogen (secondary N) is 1. The molecule has 26 heavy (non-hydrogen) atoms. The smallest absolute Gasteiger partial charge is 0.254 e. The van der Waals surface area contributed by atoms with Crippen molar-refractivity contribution >= 4 is 15.9 Å². The van der Waals surface area contributed by atoms with E-state index >= 15 is 0 Å². The van der Waals surface area contributed by atoms with Gasteiger partial charge in [-0.05, 0) is 43.2 Å². The van der Waals surface area contributed by atoms with Crippen LogP contribution >= 0.6 is 0 Å². The summed E-state index contributed by atoms with van der Waals surface area (Å²) in [4.78, 5) is 14.6. The average molecular weight is 370 g/mol. The summed E-state index contributed by atoms with van der Waals surface area (Å²) in [6.07, 6.45) is 5.10. The number of hydrogen-bond donors (Lipinski definition) is 1. The van der Waals surface area contributed by atoms with E-state index in [1.165, 1.54) is 12.1 Å². The lowest BCUT2D eigenvalue weighted by Gasteiger charge is -2.22. The molecule has 1 N–H and O–H groups in total. The first kappa shape index (κ1) is 19.7. The summed E-state index contributed by atoms with van der Waals surface area (Å²) in [6.45, 7) is 4.77. The van der Waals surface area contributed by atoms with Gasteiger partial charge < -0.3 is 4.90 Å². The SMILES string of the molecule is C#CCNS(=O)(=O)c1cccc(C(=O)N(CC)Cc2ccccc2C)c1. The van der Waals surface area contributed by atoms with E-state index in [1.54, 1.807) is 17.0 Å². The zero-order valence-electron chi connectivity index (χ0n) is 14.9. The minimum Gasteiger partial charge on any atom is -0.335 e. The van der Waals surface area contributed by atoms with E-state index in [1.807, 2.05) is 38.1 Å². The third kappa shape index (κ3) is 4.72. The van der Waals surface area contributed by atoms with Crippen molar-refractivity contribution in [3.63, 3.8) is 0 Å².